The van der Waals surface area contributed by atoms with Gasteiger partial charge in [-0.05, 0) is 48.5 Å². The number of azo groups is 1. The van der Waals surface area contributed by atoms with Gasteiger partial charge in [-0.1, -0.05) is 29.8 Å². The van der Waals surface area contributed by atoms with Gasteiger partial charge < -0.3 is 15.2 Å². The normalized spacial score (nSPS) is 11.4. The number of phenolic OH excluding ortho intramolecular Hbond substituents is 1. The van der Waals surface area contributed by atoms with E-state index in [4.69, 9.17) is 16.3 Å². The number of hydrogen-bond acceptors (Lipinski definition) is 6. The first-order chi connectivity index (χ1) is 15.6. The second kappa shape index (κ2) is 10.1. The van der Waals surface area contributed by atoms with Crippen molar-refractivity contribution in [1.82, 2.24) is 0 Å². The number of amides is 1. The number of anilines is 1. The number of rotatable bonds is 6. The molecule has 0 aromatic heterocycles. The maximum absolute atomic E-state index is 13.1. The molecule has 2 N–H and O–H groups in total. The molecule has 11 heteroatoms. The molecule has 0 spiro atoms. The molecule has 0 heterocycles. The number of carbonyl (C=O) groups excluding carboxylic acids is 2. The van der Waals surface area contributed by atoms with E-state index in [1.807, 2.05) is 5.32 Å². The van der Waals surface area contributed by atoms with Crippen LogP contribution in [0.15, 0.2) is 77.0 Å². The Morgan fingerprint density at radius 2 is 1.67 bits per heavy atom. The maximum atomic E-state index is 13.1. The summed E-state index contributed by atoms with van der Waals surface area (Å²) < 4.78 is 44.4. The predicted octanol–water partition coefficient (Wildman–Crippen LogP) is 6.28. The van der Waals surface area contributed by atoms with Crippen molar-refractivity contribution in [2.45, 2.75) is 6.18 Å². The Hall–Kier alpha value is -3.92. The van der Waals surface area contributed by atoms with Crippen LogP contribution in [0.4, 0.5) is 30.2 Å². The molecule has 1 amide bonds. The van der Waals surface area contributed by atoms with Gasteiger partial charge in [0.2, 0.25) is 0 Å². The SMILES string of the molecule is O=C(COC(=O)c1ccccc1N=Nc1ccc(O)cc1)Nc1c(Cl)cccc1C(F)(F)F. The molecule has 0 radical (unpaired) electrons. The van der Waals surface area contributed by atoms with Crippen molar-refractivity contribution in [2.75, 3.05) is 11.9 Å². The average molecular weight is 478 g/mol. The highest BCUT2D eigenvalue weighted by Crippen LogP contribution is 2.38. The number of benzene rings is 3. The van der Waals surface area contributed by atoms with E-state index in [2.05, 4.69) is 10.2 Å². The van der Waals surface area contributed by atoms with E-state index >= 15 is 0 Å². The van der Waals surface area contributed by atoms with E-state index in [0.29, 0.717) is 5.69 Å². The third kappa shape index (κ3) is 6.30. The molecule has 3 aromatic carbocycles. The van der Waals surface area contributed by atoms with E-state index in [9.17, 15) is 27.9 Å². The molecule has 0 aliphatic carbocycles. The third-order valence-electron chi connectivity index (χ3n) is 4.16. The Balaban J connectivity index is 1.69. The highest BCUT2D eigenvalue weighted by molar-refractivity contribution is 6.34. The van der Waals surface area contributed by atoms with Crippen molar-refractivity contribution < 1.29 is 32.6 Å². The molecule has 0 atom stereocenters. The van der Waals surface area contributed by atoms with Crippen LogP contribution in [0.5, 0.6) is 5.75 Å². The Labute approximate surface area is 190 Å². The number of phenols is 1. The second-order valence-electron chi connectivity index (χ2n) is 6.52. The van der Waals surface area contributed by atoms with Crippen LogP contribution in [-0.4, -0.2) is 23.6 Å². The fourth-order valence-electron chi connectivity index (χ4n) is 2.64. The van der Waals surface area contributed by atoms with E-state index in [-0.39, 0.29) is 22.0 Å². The smallest absolute Gasteiger partial charge is 0.418 e. The molecule has 0 saturated carbocycles. The first-order valence-corrected chi connectivity index (χ1v) is 9.65. The maximum Gasteiger partial charge on any atom is 0.418 e. The lowest BCUT2D eigenvalue weighted by atomic mass is 10.1. The molecule has 3 aromatic rings. The molecule has 170 valence electrons. The van der Waals surface area contributed by atoms with Crippen LogP contribution in [0.1, 0.15) is 15.9 Å². The van der Waals surface area contributed by atoms with E-state index in [1.54, 1.807) is 6.07 Å². The van der Waals surface area contributed by atoms with Crippen molar-refractivity contribution in [3.05, 3.63) is 82.9 Å². The summed E-state index contributed by atoms with van der Waals surface area (Å²) in [6, 6.07) is 14.9. The molecule has 33 heavy (non-hydrogen) atoms. The van der Waals surface area contributed by atoms with Gasteiger partial charge in [0.1, 0.15) is 11.4 Å². The van der Waals surface area contributed by atoms with Crippen LogP contribution in [0.3, 0.4) is 0 Å². The minimum atomic E-state index is -4.74. The van der Waals surface area contributed by atoms with E-state index in [0.717, 1.165) is 12.1 Å². The number of para-hydroxylation sites is 1. The molecular formula is C22H15ClF3N3O4. The van der Waals surface area contributed by atoms with Crippen LogP contribution < -0.4 is 5.32 Å². The average Bonchev–Trinajstić information content (AvgIpc) is 2.78. The van der Waals surface area contributed by atoms with Gasteiger partial charge in [0, 0.05) is 0 Å². The zero-order chi connectivity index (χ0) is 24.0. The van der Waals surface area contributed by atoms with Crippen molar-refractivity contribution >= 4 is 40.5 Å². The summed E-state index contributed by atoms with van der Waals surface area (Å²) in [6.45, 7) is -0.856. The Morgan fingerprint density at radius 1 is 0.970 bits per heavy atom. The van der Waals surface area contributed by atoms with Gasteiger partial charge in [0.15, 0.2) is 6.61 Å². The van der Waals surface area contributed by atoms with E-state index in [1.165, 1.54) is 48.5 Å². The Bertz CT molecular complexity index is 1200. The topological polar surface area (TPSA) is 100 Å². The van der Waals surface area contributed by atoms with Gasteiger partial charge >= 0.3 is 12.1 Å². The predicted molar refractivity (Wildman–Crippen MR) is 114 cm³/mol. The number of ether oxygens (including phenoxy) is 1. The van der Waals surface area contributed by atoms with Gasteiger partial charge in [0.05, 0.1) is 27.5 Å². The van der Waals surface area contributed by atoms with Crippen molar-refractivity contribution in [3.8, 4) is 5.75 Å². The molecular weight excluding hydrogens is 463 g/mol. The molecule has 0 bridgehead atoms. The number of alkyl halides is 3. The van der Waals surface area contributed by atoms with Crippen LogP contribution in [-0.2, 0) is 15.7 Å². The number of carbonyl (C=O) groups is 2. The summed E-state index contributed by atoms with van der Waals surface area (Å²) in [5.41, 5.74) is -1.22. The minimum absolute atomic E-state index is 0.0125. The van der Waals surface area contributed by atoms with Gasteiger partial charge in [-0.15, -0.1) is 5.11 Å². The number of hydrogen-bond donors (Lipinski definition) is 2. The summed E-state index contributed by atoms with van der Waals surface area (Å²) in [5, 5.41) is 18.9. The Morgan fingerprint density at radius 3 is 2.36 bits per heavy atom. The fraction of sp³-hybridized carbons (Fsp3) is 0.0909. The highest BCUT2D eigenvalue weighted by atomic mass is 35.5. The largest absolute Gasteiger partial charge is 0.508 e. The van der Waals surface area contributed by atoms with Gasteiger partial charge in [0.25, 0.3) is 5.91 Å². The van der Waals surface area contributed by atoms with Crippen LogP contribution >= 0.6 is 11.6 Å². The molecule has 0 unspecified atom stereocenters. The zero-order valence-electron chi connectivity index (χ0n) is 16.6. The molecule has 0 fully saturated rings. The molecule has 0 aliphatic rings. The highest BCUT2D eigenvalue weighted by Gasteiger charge is 2.34. The van der Waals surface area contributed by atoms with Crippen molar-refractivity contribution in [3.63, 3.8) is 0 Å². The zero-order valence-corrected chi connectivity index (χ0v) is 17.4. The second-order valence-corrected chi connectivity index (χ2v) is 6.93. The first-order valence-electron chi connectivity index (χ1n) is 9.27. The van der Waals surface area contributed by atoms with Crippen LogP contribution in [0.2, 0.25) is 5.02 Å². The van der Waals surface area contributed by atoms with Crippen LogP contribution in [0, 0.1) is 0 Å². The summed E-state index contributed by atoms with van der Waals surface area (Å²) in [7, 11) is 0. The monoisotopic (exact) mass is 477 g/mol. The third-order valence-corrected chi connectivity index (χ3v) is 4.48. The Kier molecular flexibility index (Phi) is 7.29. The fourth-order valence-corrected chi connectivity index (χ4v) is 2.86. The van der Waals surface area contributed by atoms with Gasteiger partial charge in [-0.3, -0.25) is 4.79 Å². The number of halogens is 4. The number of esters is 1. The summed E-state index contributed by atoms with van der Waals surface area (Å²) >= 11 is 5.79. The van der Waals surface area contributed by atoms with E-state index < -0.39 is 35.9 Å². The van der Waals surface area contributed by atoms with Crippen molar-refractivity contribution in [1.29, 1.82) is 0 Å². The molecule has 0 saturated heterocycles. The van der Waals surface area contributed by atoms with Crippen LogP contribution in [0.25, 0.3) is 0 Å². The molecule has 7 nitrogen and oxygen atoms in total. The molecule has 3 rings (SSSR count). The first kappa shape index (κ1) is 23.7. The summed E-state index contributed by atoms with van der Waals surface area (Å²) in [6.07, 6.45) is -4.74. The lowest BCUT2D eigenvalue weighted by molar-refractivity contribution is -0.137. The number of nitrogens with one attached hydrogen (secondary N) is 1. The van der Waals surface area contributed by atoms with Gasteiger partial charge in [-0.25, -0.2) is 4.79 Å². The van der Waals surface area contributed by atoms with Gasteiger partial charge in [-0.2, -0.15) is 18.3 Å². The standard InChI is InChI=1S/C22H15ClF3N3O4/c23-17-6-3-5-16(22(24,25)26)20(17)27-19(31)12-33-21(32)15-4-1-2-7-18(15)29-28-13-8-10-14(30)11-9-13/h1-11,30H,12H2,(H,27,31). The number of aromatic hydroxyl groups is 1. The minimum Gasteiger partial charge on any atom is -0.508 e. The number of nitrogens with zero attached hydrogens (tertiary/aromatic N) is 2. The quantitative estimate of drug-likeness (QED) is 0.322. The lowest BCUT2D eigenvalue weighted by Gasteiger charge is -2.15. The summed E-state index contributed by atoms with van der Waals surface area (Å²) in [4.78, 5) is 24.6. The summed E-state index contributed by atoms with van der Waals surface area (Å²) in [5.74, 6) is -1.89. The lowest BCUT2D eigenvalue weighted by Crippen LogP contribution is -2.23. The molecule has 0 aliphatic heterocycles. The van der Waals surface area contributed by atoms with Crippen molar-refractivity contribution in [2.24, 2.45) is 10.2 Å².